The number of aromatic hydroxyl groups is 1. The molecule has 2 aliphatic rings. The zero-order chi connectivity index (χ0) is 19.1. The van der Waals surface area contributed by atoms with Crippen molar-refractivity contribution in [3.05, 3.63) is 74.5 Å². The van der Waals surface area contributed by atoms with Crippen LogP contribution >= 0.6 is 0 Å². The molecule has 138 valence electrons. The maximum atomic E-state index is 12.8. The molecule has 3 atom stereocenters. The number of benzene rings is 1. The van der Waals surface area contributed by atoms with E-state index < -0.39 is 17.1 Å². The Hall–Kier alpha value is -3.45. The molecule has 1 aromatic carbocycles. The van der Waals surface area contributed by atoms with E-state index in [4.69, 9.17) is 5.53 Å². The highest BCUT2D eigenvalue weighted by atomic mass is 16.3. The largest absolute Gasteiger partial charge is 0.502 e. The zero-order valence-corrected chi connectivity index (χ0v) is 14.6. The van der Waals surface area contributed by atoms with Crippen molar-refractivity contribution >= 4 is 5.91 Å². The van der Waals surface area contributed by atoms with E-state index >= 15 is 0 Å². The van der Waals surface area contributed by atoms with Crippen molar-refractivity contribution in [1.29, 1.82) is 0 Å². The van der Waals surface area contributed by atoms with Crippen molar-refractivity contribution in [3.63, 3.8) is 0 Å². The minimum Gasteiger partial charge on any atom is -0.502 e. The number of azide groups is 1. The second-order valence-corrected chi connectivity index (χ2v) is 6.70. The van der Waals surface area contributed by atoms with Crippen molar-refractivity contribution < 1.29 is 9.90 Å². The third-order valence-electron chi connectivity index (χ3n) is 5.29. The third-order valence-corrected chi connectivity index (χ3v) is 5.29. The first-order chi connectivity index (χ1) is 13.0. The number of aromatic nitrogens is 1. The molecule has 0 radical (unpaired) electrons. The summed E-state index contributed by atoms with van der Waals surface area (Å²) in [5, 5.41) is 16.2. The Morgan fingerprint density at radius 3 is 2.63 bits per heavy atom. The number of hydrogen-bond acceptors (Lipinski definition) is 5. The van der Waals surface area contributed by atoms with Gasteiger partial charge in [-0.25, -0.2) is 0 Å². The zero-order valence-electron chi connectivity index (χ0n) is 14.6. The first-order valence-corrected chi connectivity index (χ1v) is 8.64. The smallest absolute Gasteiger partial charge is 0.277 e. The average Bonchev–Trinajstić information content (AvgIpc) is 2.69. The summed E-state index contributed by atoms with van der Waals surface area (Å²) in [7, 11) is 1.65. The predicted octanol–water partition coefficient (Wildman–Crippen LogP) is 2.12. The molecule has 0 saturated carbocycles. The molecule has 0 aliphatic carbocycles. The van der Waals surface area contributed by atoms with Crippen LogP contribution in [0, 0.1) is 0 Å². The molecular formula is C18H18N6O3. The number of amides is 1. The number of fused-ring (bicyclic) bond motifs is 3. The monoisotopic (exact) mass is 366 g/mol. The molecule has 0 spiro atoms. The van der Waals surface area contributed by atoms with Crippen molar-refractivity contribution in [2.75, 3.05) is 12.1 Å². The highest BCUT2D eigenvalue weighted by molar-refractivity contribution is 5.96. The van der Waals surface area contributed by atoms with Gasteiger partial charge in [0.25, 0.3) is 5.91 Å². The number of rotatable bonds is 2. The lowest BCUT2D eigenvalue weighted by atomic mass is 9.89. The van der Waals surface area contributed by atoms with Gasteiger partial charge in [-0.1, -0.05) is 35.4 Å². The summed E-state index contributed by atoms with van der Waals surface area (Å²) in [6, 6.07) is 10.1. The summed E-state index contributed by atoms with van der Waals surface area (Å²) in [5.41, 5.74) is 9.27. The molecule has 1 fully saturated rings. The lowest BCUT2D eigenvalue weighted by molar-refractivity contribution is 0.0536. The first-order valence-electron chi connectivity index (χ1n) is 8.64. The van der Waals surface area contributed by atoms with Crippen LogP contribution in [0.1, 0.15) is 34.9 Å². The predicted molar refractivity (Wildman–Crippen MR) is 97.8 cm³/mol. The van der Waals surface area contributed by atoms with Crippen LogP contribution in [0.2, 0.25) is 0 Å². The highest BCUT2D eigenvalue weighted by Crippen LogP contribution is 2.39. The van der Waals surface area contributed by atoms with E-state index in [1.54, 1.807) is 7.05 Å². The van der Waals surface area contributed by atoms with Gasteiger partial charge in [-0.05, 0) is 23.9 Å². The Morgan fingerprint density at radius 2 is 1.93 bits per heavy atom. The van der Waals surface area contributed by atoms with E-state index in [-0.39, 0.29) is 23.9 Å². The maximum absolute atomic E-state index is 12.8. The first kappa shape index (κ1) is 17.0. The van der Waals surface area contributed by atoms with Crippen molar-refractivity contribution in [2.24, 2.45) is 5.11 Å². The van der Waals surface area contributed by atoms with Gasteiger partial charge in [0.15, 0.2) is 11.4 Å². The second kappa shape index (κ2) is 6.37. The maximum Gasteiger partial charge on any atom is 0.277 e. The van der Waals surface area contributed by atoms with E-state index in [2.05, 4.69) is 10.0 Å². The molecule has 1 aromatic heterocycles. The van der Waals surface area contributed by atoms with Crippen LogP contribution in [0.5, 0.6) is 5.75 Å². The summed E-state index contributed by atoms with van der Waals surface area (Å²) in [5.74, 6) is -0.994. The molecule has 2 aliphatic heterocycles. The quantitative estimate of drug-likeness (QED) is 0.498. The van der Waals surface area contributed by atoms with E-state index in [1.165, 1.54) is 21.8 Å². The number of pyridine rings is 1. The van der Waals surface area contributed by atoms with Crippen LogP contribution in [0.15, 0.2) is 52.5 Å². The van der Waals surface area contributed by atoms with Crippen LogP contribution in [0.4, 0.5) is 0 Å². The normalized spacial score (nSPS) is 24.0. The summed E-state index contributed by atoms with van der Waals surface area (Å²) in [6.07, 6.45) is 2.41. The minimum atomic E-state index is -0.610. The summed E-state index contributed by atoms with van der Waals surface area (Å²) in [4.78, 5) is 29.2. The topological polar surface area (TPSA) is 115 Å². The van der Waals surface area contributed by atoms with Crippen molar-refractivity contribution in [3.8, 4) is 5.75 Å². The molecule has 0 bridgehead atoms. The highest BCUT2D eigenvalue weighted by Gasteiger charge is 2.46. The molecule has 3 heterocycles. The molecule has 9 heteroatoms. The van der Waals surface area contributed by atoms with Crippen LogP contribution in [-0.4, -0.2) is 39.8 Å². The van der Waals surface area contributed by atoms with Gasteiger partial charge < -0.3 is 10.0 Å². The molecule has 1 saturated heterocycles. The minimum absolute atomic E-state index is 0.0798. The van der Waals surface area contributed by atoms with E-state index in [0.29, 0.717) is 12.8 Å². The van der Waals surface area contributed by atoms with Gasteiger partial charge in [0, 0.05) is 24.2 Å². The Balaban J connectivity index is 1.96. The summed E-state index contributed by atoms with van der Waals surface area (Å²) < 4.78 is 1.53. The Bertz CT molecular complexity index is 998. The SMILES string of the molecule is CN1C(=O)c2c(O)c(=O)ccn2N2[C@H](c3ccccc3)C(N=[N+]=[N-])CC[C@@H]12. The van der Waals surface area contributed by atoms with Gasteiger partial charge in [-0.15, -0.1) is 0 Å². The van der Waals surface area contributed by atoms with E-state index in [1.807, 2.05) is 35.3 Å². The summed E-state index contributed by atoms with van der Waals surface area (Å²) in [6.45, 7) is 0. The van der Waals surface area contributed by atoms with Gasteiger partial charge in [0.1, 0.15) is 6.17 Å². The van der Waals surface area contributed by atoms with Gasteiger partial charge in [-0.2, -0.15) is 0 Å². The number of hydrogen-bond donors (Lipinski definition) is 1. The Kier molecular flexibility index (Phi) is 4.01. The number of piperidine rings is 1. The van der Waals surface area contributed by atoms with Gasteiger partial charge in [0.2, 0.25) is 5.43 Å². The fourth-order valence-corrected chi connectivity index (χ4v) is 4.04. The molecule has 1 N–H and O–H groups in total. The fourth-order valence-electron chi connectivity index (χ4n) is 4.04. The molecule has 1 amide bonds. The van der Waals surface area contributed by atoms with E-state index in [9.17, 15) is 14.7 Å². The van der Waals surface area contributed by atoms with Crippen LogP contribution in [0.3, 0.4) is 0 Å². The van der Waals surface area contributed by atoms with Gasteiger partial charge in [0.05, 0.1) is 12.1 Å². The van der Waals surface area contributed by atoms with E-state index in [0.717, 1.165) is 5.56 Å². The second-order valence-electron chi connectivity index (χ2n) is 6.70. The molecular weight excluding hydrogens is 348 g/mol. The van der Waals surface area contributed by atoms with Gasteiger partial charge >= 0.3 is 0 Å². The molecule has 1 unspecified atom stereocenters. The van der Waals surface area contributed by atoms with Crippen LogP contribution in [0.25, 0.3) is 10.4 Å². The Labute approximate surface area is 154 Å². The van der Waals surface area contributed by atoms with Crippen molar-refractivity contribution in [2.45, 2.75) is 31.1 Å². The van der Waals surface area contributed by atoms with Crippen LogP contribution in [-0.2, 0) is 0 Å². The molecule has 27 heavy (non-hydrogen) atoms. The number of nitrogens with zero attached hydrogens (tertiary/aromatic N) is 6. The van der Waals surface area contributed by atoms with Gasteiger partial charge in [-0.3, -0.25) is 19.3 Å². The average molecular weight is 366 g/mol. The van der Waals surface area contributed by atoms with Crippen LogP contribution < -0.4 is 10.4 Å². The number of carbonyl (C=O) groups excluding carboxylic acids is 1. The number of carbonyl (C=O) groups is 1. The molecule has 9 nitrogen and oxygen atoms in total. The third kappa shape index (κ3) is 2.51. The standard InChI is InChI=1S/C18H18N6O3/c1-22-14-8-7-12(20-21-19)15(11-5-3-2-4-6-11)24(14)23-10-9-13(25)17(26)16(23)18(22)27/h2-6,9-10,12,14-15,26H,7-8H2,1H3/t12?,14-,15+/m0/s1. The molecule has 4 rings (SSSR count). The lowest BCUT2D eigenvalue weighted by Gasteiger charge is -2.53. The molecule has 2 aromatic rings. The Morgan fingerprint density at radius 1 is 1.19 bits per heavy atom. The van der Waals surface area contributed by atoms with Crippen molar-refractivity contribution in [1.82, 2.24) is 9.58 Å². The summed E-state index contributed by atoms with van der Waals surface area (Å²) >= 11 is 0. The lowest BCUT2D eigenvalue weighted by Crippen LogP contribution is -2.64. The fraction of sp³-hybridized carbons (Fsp3) is 0.333.